The van der Waals surface area contributed by atoms with Crippen LogP contribution in [0.5, 0.6) is 5.75 Å². The highest BCUT2D eigenvalue weighted by Crippen LogP contribution is 2.26. The SMILES string of the molecule is CCCNC(=O)c1csc2nc(-c3cccc(OC)c3)cn12. The number of nitrogens with one attached hydrogen (secondary N) is 1. The number of aromatic nitrogens is 2. The summed E-state index contributed by atoms with van der Waals surface area (Å²) in [6, 6.07) is 7.73. The van der Waals surface area contributed by atoms with Gasteiger partial charge in [0.1, 0.15) is 11.4 Å². The Balaban J connectivity index is 1.96. The van der Waals surface area contributed by atoms with Crippen LogP contribution >= 0.6 is 11.3 Å². The quantitative estimate of drug-likeness (QED) is 0.786. The molecule has 0 saturated heterocycles. The van der Waals surface area contributed by atoms with Crippen LogP contribution in [0.25, 0.3) is 16.2 Å². The monoisotopic (exact) mass is 315 g/mol. The summed E-state index contributed by atoms with van der Waals surface area (Å²) >= 11 is 1.46. The average Bonchev–Trinajstić information content (AvgIpc) is 3.13. The maximum absolute atomic E-state index is 12.2. The van der Waals surface area contributed by atoms with Gasteiger partial charge in [0.05, 0.1) is 12.8 Å². The number of imidazole rings is 1. The average molecular weight is 315 g/mol. The summed E-state index contributed by atoms with van der Waals surface area (Å²) in [6.07, 6.45) is 2.81. The third kappa shape index (κ3) is 2.69. The number of fused-ring (bicyclic) bond motifs is 1. The summed E-state index contributed by atoms with van der Waals surface area (Å²) in [5.74, 6) is 0.720. The summed E-state index contributed by atoms with van der Waals surface area (Å²) in [6.45, 7) is 2.70. The second-order valence-electron chi connectivity index (χ2n) is 4.89. The Kier molecular flexibility index (Phi) is 4.11. The first-order valence-corrected chi connectivity index (χ1v) is 8.00. The molecule has 0 bridgehead atoms. The van der Waals surface area contributed by atoms with Crippen LogP contribution in [-0.4, -0.2) is 28.9 Å². The number of thiazole rings is 1. The molecule has 0 spiro atoms. The fraction of sp³-hybridized carbons (Fsp3) is 0.250. The molecule has 0 radical (unpaired) electrons. The first-order valence-electron chi connectivity index (χ1n) is 7.12. The molecule has 0 atom stereocenters. The van der Waals surface area contributed by atoms with Gasteiger partial charge in [-0.25, -0.2) is 4.98 Å². The lowest BCUT2D eigenvalue weighted by molar-refractivity contribution is 0.0948. The number of nitrogens with zero attached hydrogens (tertiary/aromatic N) is 2. The van der Waals surface area contributed by atoms with E-state index in [1.54, 1.807) is 7.11 Å². The summed E-state index contributed by atoms with van der Waals surface area (Å²) in [7, 11) is 1.64. The van der Waals surface area contributed by atoms with Crippen LogP contribution in [0.1, 0.15) is 23.8 Å². The molecule has 3 aromatic rings. The van der Waals surface area contributed by atoms with Crippen LogP contribution in [-0.2, 0) is 0 Å². The molecule has 0 unspecified atom stereocenters. The Morgan fingerprint density at radius 1 is 1.45 bits per heavy atom. The van der Waals surface area contributed by atoms with Crippen LogP contribution in [0.3, 0.4) is 0 Å². The minimum absolute atomic E-state index is 0.0670. The molecule has 1 amide bonds. The second-order valence-corrected chi connectivity index (χ2v) is 5.72. The summed E-state index contributed by atoms with van der Waals surface area (Å²) in [5, 5.41) is 4.73. The van der Waals surface area contributed by atoms with Crippen molar-refractivity contribution in [3.8, 4) is 17.0 Å². The molecular formula is C16H17N3O2S. The fourth-order valence-electron chi connectivity index (χ4n) is 2.20. The van der Waals surface area contributed by atoms with Gasteiger partial charge in [0.2, 0.25) is 0 Å². The lowest BCUT2D eigenvalue weighted by atomic mass is 10.1. The van der Waals surface area contributed by atoms with Gasteiger partial charge in [0.25, 0.3) is 5.91 Å². The van der Waals surface area contributed by atoms with E-state index in [1.807, 2.05) is 47.2 Å². The molecule has 2 aromatic heterocycles. The van der Waals surface area contributed by atoms with Gasteiger partial charge >= 0.3 is 0 Å². The first kappa shape index (κ1) is 14.6. The van der Waals surface area contributed by atoms with E-state index in [0.29, 0.717) is 12.2 Å². The van der Waals surface area contributed by atoms with E-state index < -0.39 is 0 Å². The topological polar surface area (TPSA) is 55.6 Å². The Hall–Kier alpha value is -2.34. The molecule has 3 rings (SSSR count). The normalized spacial score (nSPS) is 10.8. The van der Waals surface area contributed by atoms with E-state index in [2.05, 4.69) is 10.3 Å². The Morgan fingerprint density at radius 3 is 3.09 bits per heavy atom. The highest BCUT2D eigenvalue weighted by Gasteiger charge is 2.14. The number of carbonyl (C=O) groups excluding carboxylic acids is 1. The molecule has 0 aliphatic carbocycles. The first-order chi connectivity index (χ1) is 10.7. The maximum Gasteiger partial charge on any atom is 0.269 e. The third-order valence-electron chi connectivity index (χ3n) is 3.34. The Labute approximate surface area is 132 Å². The number of ether oxygens (including phenoxy) is 1. The molecule has 0 aliphatic heterocycles. The van der Waals surface area contributed by atoms with Crippen molar-refractivity contribution < 1.29 is 9.53 Å². The van der Waals surface area contributed by atoms with Crippen LogP contribution in [0.2, 0.25) is 0 Å². The number of hydrogen-bond donors (Lipinski definition) is 1. The molecule has 22 heavy (non-hydrogen) atoms. The molecule has 5 nitrogen and oxygen atoms in total. The van der Waals surface area contributed by atoms with E-state index in [0.717, 1.165) is 28.4 Å². The number of carbonyl (C=O) groups is 1. The molecule has 6 heteroatoms. The van der Waals surface area contributed by atoms with Crippen molar-refractivity contribution in [1.29, 1.82) is 0 Å². The van der Waals surface area contributed by atoms with Crippen molar-refractivity contribution in [2.24, 2.45) is 0 Å². The molecular weight excluding hydrogens is 298 g/mol. The van der Waals surface area contributed by atoms with Gasteiger partial charge < -0.3 is 10.1 Å². The minimum Gasteiger partial charge on any atom is -0.497 e. The zero-order valence-electron chi connectivity index (χ0n) is 12.5. The lowest BCUT2D eigenvalue weighted by Crippen LogP contribution is -2.25. The second kappa shape index (κ2) is 6.19. The van der Waals surface area contributed by atoms with E-state index >= 15 is 0 Å². The van der Waals surface area contributed by atoms with Crippen molar-refractivity contribution in [2.75, 3.05) is 13.7 Å². The Morgan fingerprint density at radius 2 is 2.32 bits per heavy atom. The number of hydrogen-bond acceptors (Lipinski definition) is 4. The van der Waals surface area contributed by atoms with Gasteiger partial charge in [-0.15, -0.1) is 11.3 Å². The van der Waals surface area contributed by atoms with Crippen molar-refractivity contribution in [2.45, 2.75) is 13.3 Å². The zero-order valence-corrected chi connectivity index (χ0v) is 13.3. The predicted octanol–water partition coefficient (Wildman–Crippen LogP) is 3.21. The molecule has 114 valence electrons. The van der Waals surface area contributed by atoms with Crippen LogP contribution in [0, 0.1) is 0 Å². The molecule has 1 N–H and O–H groups in total. The number of amides is 1. The van der Waals surface area contributed by atoms with Gasteiger partial charge in [-0.2, -0.15) is 0 Å². The molecule has 0 saturated carbocycles. The number of methoxy groups -OCH3 is 1. The standard InChI is InChI=1S/C16H17N3O2S/c1-3-7-17-15(20)14-10-22-16-18-13(9-19(14)16)11-5-4-6-12(8-11)21-2/h4-6,8-10H,3,7H2,1-2H3,(H,17,20). The van der Waals surface area contributed by atoms with Gasteiger partial charge in [-0.05, 0) is 18.6 Å². The highest BCUT2D eigenvalue weighted by atomic mass is 32.1. The van der Waals surface area contributed by atoms with Crippen LogP contribution < -0.4 is 10.1 Å². The van der Waals surface area contributed by atoms with Gasteiger partial charge in [-0.1, -0.05) is 19.1 Å². The lowest BCUT2D eigenvalue weighted by Gasteiger charge is -2.02. The summed E-state index contributed by atoms with van der Waals surface area (Å²) < 4.78 is 7.08. The molecule has 0 fully saturated rings. The number of rotatable bonds is 5. The van der Waals surface area contributed by atoms with Crippen molar-refractivity contribution in [3.63, 3.8) is 0 Å². The third-order valence-corrected chi connectivity index (χ3v) is 4.18. The molecule has 0 aliphatic rings. The van der Waals surface area contributed by atoms with Crippen LogP contribution in [0.4, 0.5) is 0 Å². The van der Waals surface area contributed by atoms with Crippen LogP contribution in [0.15, 0.2) is 35.8 Å². The van der Waals surface area contributed by atoms with E-state index in [1.165, 1.54) is 11.3 Å². The van der Waals surface area contributed by atoms with Gasteiger partial charge in [0, 0.05) is 23.7 Å². The number of benzene rings is 1. The van der Waals surface area contributed by atoms with E-state index in [4.69, 9.17) is 4.74 Å². The smallest absolute Gasteiger partial charge is 0.269 e. The molecule has 1 aromatic carbocycles. The van der Waals surface area contributed by atoms with Crippen molar-refractivity contribution in [1.82, 2.24) is 14.7 Å². The highest BCUT2D eigenvalue weighted by molar-refractivity contribution is 7.15. The predicted molar refractivity (Wildman–Crippen MR) is 87.7 cm³/mol. The summed E-state index contributed by atoms with van der Waals surface area (Å²) in [5.41, 5.74) is 2.42. The summed E-state index contributed by atoms with van der Waals surface area (Å²) in [4.78, 5) is 17.5. The van der Waals surface area contributed by atoms with E-state index in [-0.39, 0.29) is 5.91 Å². The Bertz CT molecular complexity index is 807. The molecule has 2 heterocycles. The van der Waals surface area contributed by atoms with Crippen molar-refractivity contribution >= 4 is 22.2 Å². The fourth-order valence-corrected chi connectivity index (χ4v) is 3.05. The largest absolute Gasteiger partial charge is 0.497 e. The maximum atomic E-state index is 12.2. The minimum atomic E-state index is -0.0670. The van der Waals surface area contributed by atoms with E-state index in [9.17, 15) is 4.79 Å². The zero-order chi connectivity index (χ0) is 15.5. The van der Waals surface area contributed by atoms with Gasteiger partial charge in [-0.3, -0.25) is 9.20 Å². The van der Waals surface area contributed by atoms with Gasteiger partial charge in [0.15, 0.2) is 4.96 Å². The van der Waals surface area contributed by atoms with Crippen molar-refractivity contribution in [3.05, 3.63) is 41.5 Å².